The third-order valence-electron chi connectivity index (χ3n) is 3.71. The summed E-state index contributed by atoms with van der Waals surface area (Å²) in [7, 11) is 0. The van der Waals surface area contributed by atoms with Gasteiger partial charge in [0.25, 0.3) is 0 Å². The van der Waals surface area contributed by atoms with Gasteiger partial charge in [0.15, 0.2) is 0 Å². The van der Waals surface area contributed by atoms with Crippen molar-refractivity contribution in [2.24, 2.45) is 0 Å². The summed E-state index contributed by atoms with van der Waals surface area (Å²) in [5, 5.41) is 0. The number of nitrogens with zero attached hydrogens (tertiary/aromatic N) is 1. The van der Waals surface area contributed by atoms with E-state index in [1.54, 1.807) is 29.2 Å². The van der Waals surface area contributed by atoms with Crippen molar-refractivity contribution in [1.82, 2.24) is 4.90 Å². The molecule has 0 aliphatic carbocycles. The fraction of sp³-hybridized carbons (Fsp3) is 0.250. The fourth-order valence-corrected chi connectivity index (χ4v) is 2.68. The number of carbonyl (C=O) groups excluding carboxylic acids is 1. The molecule has 0 radical (unpaired) electrons. The Morgan fingerprint density at radius 2 is 1.78 bits per heavy atom. The second kappa shape index (κ2) is 8.89. The molecule has 2 nitrogen and oxygen atoms in total. The molecule has 0 N–H and O–H groups in total. The summed E-state index contributed by atoms with van der Waals surface area (Å²) in [6.45, 7) is 15.8. The van der Waals surface area contributed by atoms with E-state index in [0.717, 1.165) is 23.1 Å². The molecule has 1 aromatic rings. The van der Waals surface area contributed by atoms with Gasteiger partial charge in [0.1, 0.15) is 5.82 Å². The summed E-state index contributed by atoms with van der Waals surface area (Å²) in [5.74, 6) is -0.448. The summed E-state index contributed by atoms with van der Waals surface area (Å²) in [5.41, 5.74) is 2.84. The molecular weight excluding hydrogens is 289 g/mol. The van der Waals surface area contributed by atoms with Crippen LogP contribution in [0, 0.1) is 5.82 Å². The van der Waals surface area contributed by atoms with Crippen molar-refractivity contribution in [3.63, 3.8) is 0 Å². The highest BCUT2D eigenvalue weighted by Gasteiger charge is 2.30. The van der Waals surface area contributed by atoms with E-state index in [1.807, 2.05) is 13.8 Å². The molecule has 1 amide bonds. The second-order valence-electron chi connectivity index (χ2n) is 4.83. The van der Waals surface area contributed by atoms with Crippen molar-refractivity contribution in [2.75, 3.05) is 6.54 Å². The van der Waals surface area contributed by atoms with Gasteiger partial charge in [0.05, 0.1) is 6.04 Å². The molecule has 23 heavy (non-hydrogen) atoms. The molecule has 122 valence electrons. The molecule has 1 aliphatic rings. The van der Waals surface area contributed by atoms with Gasteiger partial charge in [-0.15, -0.1) is 0 Å². The maximum atomic E-state index is 13.2. The Morgan fingerprint density at radius 3 is 2.26 bits per heavy atom. The molecule has 2 rings (SSSR count). The highest BCUT2D eigenvalue weighted by molar-refractivity contribution is 5.88. The van der Waals surface area contributed by atoms with E-state index in [-0.39, 0.29) is 17.8 Å². The van der Waals surface area contributed by atoms with Gasteiger partial charge in [-0.25, -0.2) is 4.39 Å². The van der Waals surface area contributed by atoms with Crippen LogP contribution >= 0.6 is 0 Å². The van der Waals surface area contributed by atoms with Crippen LogP contribution in [-0.4, -0.2) is 17.4 Å². The predicted molar refractivity (Wildman–Crippen MR) is 94.4 cm³/mol. The van der Waals surface area contributed by atoms with Crippen LogP contribution in [0.4, 0.5) is 4.39 Å². The van der Waals surface area contributed by atoms with Gasteiger partial charge in [-0.1, -0.05) is 57.9 Å². The van der Waals surface area contributed by atoms with E-state index in [0.29, 0.717) is 6.54 Å². The molecule has 1 aliphatic heterocycles. The Hall–Kier alpha value is -2.42. The van der Waals surface area contributed by atoms with Crippen LogP contribution in [-0.2, 0) is 4.79 Å². The van der Waals surface area contributed by atoms with Crippen molar-refractivity contribution in [3.8, 4) is 0 Å². The highest BCUT2D eigenvalue weighted by Crippen LogP contribution is 2.37. The summed E-state index contributed by atoms with van der Waals surface area (Å²) in [4.78, 5) is 13.9. The fourth-order valence-electron chi connectivity index (χ4n) is 2.68. The monoisotopic (exact) mass is 313 g/mol. The predicted octanol–water partition coefficient (Wildman–Crippen LogP) is 4.98. The Balaban J connectivity index is 0.00000127. The van der Waals surface area contributed by atoms with Crippen molar-refractivity contribution < 1.29 is 9.18 Å². The lowest BCUT2D eigenvalue weighted by Gasteiger charge is -2.37. The first-order valence-electron chi connectivity index (χ1n) is 7.78. The van der Waals surface area contributed by atoms with Gasteiger partial charge in [0.2, 0.25) is 5.91 Å². The van der Waals surface area contributed by atoms with E-state index in [1.165, 1.54) is 18.2 Å². The van der Waals surface area contributed by atoms with Crippen LogP contribution in [0.5, 0.6) is 0 Å². The van der Waals surface area contributed by atoms with E-state index in [2.05, 4.69) is 19.7 Å². The van der Waals surface area contributed by atoms with Crippen LogP contribution in [0.15, 0.2) is 73.4 Å². The Bertz CT molecular complexity index is 613. The minimum Gasteiger partial charge on any atom is -0.328 e. The Morgan fingerprint density at radius 1 is 1.17 bits per heavy atom. The topological polar surface area (TPSA) is 20.3 Å². The van der Waals surface area contributed by atoms with Gasteiger partial charge in [0, 0.05) is 6.54 Å². The van der Waals surface area contributed by atoms with Crippen molar-refractivity contribution >= 4 is 5.91 Å². The van der Waals surface area contributed by atoms with Gasteiger partial charge in [-0.3, -0.25) is 4.79 Å². The number of carbonyl (C=O) groups is 1. The molecule has 0 fully saturated rings. The van der Waals surface area contributed by atoms with Crippen LogP contribution < -0.4 is 0 Å². The lowest BCUT2D eigenvalue weighted by Crippen LogP contribution is -2.38. The molecule has 0 unspecified atom stereocenters. The molecule has 0 aromatic heterocycles. The normalized spacial score (nSPS) is 17.0. The number of rotatable bonds is 4. The lowest BCUT2D eigenvalue weighted by molar-refractivity contribution is -0.127. The molecule has 0 bridgehead atoms. The third-order valence-corrected chi connectivity index (χ3v) is 3.71. The van der Waals surface area contributed by atoms with Crippen LogP contribution in [0.2, 0.25) is 0 Å². The number of hydrogen-bond donors (Lipinski definition) is 0. The van der Waals surface area contributed by atoms with Crippen LogP contribution in [0.3, 0.4) is 0 Å². The largest absolute Gasteiger partial charge is 0.328 e. The Kier molecular flexibility index (Phi) is 7.20. The molecule has 0 saturated carbocycles. The first-order valence-corrected chi connectivity index (χ1v) is 7.78. The van der Waals surface area contributed by atoms with Crippen LogP contribution in [0.25, 0.3) is 0 Å². The van der Waals surface area contributed by atoms with E-state index in [4.69, 9.17) is 0 Å². The zero-order valence-electron chi connectivity index (χ0n) is 13.9. The smallest absolute Gasteiger partial charge is 0.246 e. The number of benzene rings is 1. The number of allylic oxidation sites excluding steroid dienone is 1. The summed E-state index contributed by atoms with van der Waals surface area (Å²) >= 11 is 0. The second-order valence-corrected chi connectivity index (χ2v) is 4.83. The lowest BCUT2D eigenvalue weighted by atomic mass is 9.88. The van der Waals surface area contributed by atoms with Gasteiger partial charge < -0.3 is 4.90 Å². The SMILES string of the molecule is C=CC(=O)N1CCC(C=C)=C(C=C)[C@@H]1c1ccc(F)cc1.CC. The molecule has 1 atom stereocenters. The average Bonchev–Trinajstić information content (AvgIpc) is 2.62. The van der Waals surface area contributed by atoms with E-state index in [9.17, 15) is 9.18 Å². The molecule has 0 saturated heterocycles. The average molecular weight is 313 g/mol. The molecule has 3 heteroatoms. The van der Waals surface area contributed by atoms with Crippen LogP contribution in [0.1, 0.15) is 31.9 Å². The molecular formula is C20H24FNO. The first kappa shape index (κ1) is 18.6. The molecule has 0 spiro atoms. The standard InChI is InChI=1S/C18H18FNO.C2H6/c1-4-13-11-12-20(17(21)6-3)18(16(13)5-2)14-7-9-15(19)10-8-14;1-2/h4-10,18H,1-3,11-12H2;1-2H3/t18-;/m0./s1. The van der Waals surface area contributed by atoms with E-state index < -0.39 is 0 Å². The quantitative estimate of drug-likeness (QED) is 0.718. The van der Waals surface area contributed by atoms with Gasteiger partial charge >= 0.3 is 0 Å². The zero-order chi connectivity index (χ0) is 17.4. The summed E-state index contributed by atoms with van der Waals surface area (Å²) in [6.07, 6.45) is 5.56. The number of hydrogen-bond acceptors (Lipinski definition) is 1. The highest BCUT2D eigenvalue weighted by atomic mass is 19.1. The molecule has 1 aromatic carbocycles. The zero-order valence-corrected chi connectivity index (χ0v) is 13.9. The van der Waals surface area contributed by atoms with E-state index >= 15 is 0 Å². The Labute approximate surface area is 138 Å². The van der Waals surface area contributed by atoms with Crippen molar-refractivity contribution in [3.05, 3.63) is 84.8 Å². The van der Waals surface area contributed by atoms with Gasteiger partial charge in [-0.05, 0) is 41.3 Å². The number of halogens is 1. The van der Waals surface area contributed by atoms with Crippen molar-refractivity contribution in [1.29, 1.82) is 0 Å². The summed E-state index contributed by atoms with van der Waals surface area (Å²) < 4.78 is 13.2. The molecule has 1 heterocycles. The van der Waals surface area contributed by atoms with Crippen molar-refractivity contribution in [2.45, 2.75) is 26.3 Å². The number of amides is 1. The summed E-state index contributed by atoms with van der Waals surface area (Å²) in [6, 6.07) is 5.90. The maximum absolute atomic E-state index is 13.2. The third kappa shape index (κ3) is 4.07. The van der Waals surface area contributed by atoms with Gasteiger partial charge in [-0.2, -0.15) is 0 Å². The minimum atomic E-state index is -0.302. The first-order chi connectivity index (χ1) is 11.1. The minimum absolute atomic E-state index is 0.146. The maximum Gasteiger partial charge on any atom is 0.246 e.